The molecule has 27 heavy (non-hydrogen) atoms. The topological polar surface area (TPSA) is 79.6 Å². The van der Waals surface area contributed by atoms with Crippen LogP contribution in [0.5, 0.6) is 0 Å². The van der Waals surface area contributed by atoms with E-state index >= 15 is 0 Å². The lowest BCUT2D eigenvalue weighted by atomic mass is 10.1. The SMILES string of the molecule is Cc1ccc(C(=O)N2CCN(Cc3nc(C4CC4)cs3)CC2)cc1[N+](=O)[O-]. The van der Waals surface area contributed by atoms with Crippen LogP contribution in [0.4, 0.5) is 5.69 Å². The summed E-state index contributed by atoms with van der Waals surface area (Å²) in [6.45, 7) is 5.34. The second-order valence-electron chi connectivity index (χ2n) is 7.27. The number of amides is 1. The number of aromatic nitrogens is 1. The third-order valence-corrected chi connectivity index (χ3v) is 6.09. The van der Waals surface area contributed by atoms with Crippen LogP contribution in [0.2, 0.25) is 0 Å². The van der Waals surface area contributed by atoms with Crippen molar-refractivity contribution in [1.29, 1.82) is 0 Å². The fourth-order valence-corrected chi connectivity index (χ4v) is 4.30. The zero-order valence-corrected chi connectivity index (χ0v) is 16.1. The summed E-state index contributed by atoms with van der Waals surface area (Å²) in [5.74, 6) is 0.547. The highest BCUT2D eigenvalue weighted by atomic mass is 32.1. The van der Waals surface area contributed by atoms with Crippen LogP contribution in [0.15, 0.2) is 23.6 Å². The molecule has 0 atom stereocenters. The zero-order chi connectivity index (χ0) is 19.0. The highest BCUT2D eigenvalue weighted by Crippen LogP contribution is 2.40. The zero-order valence-electron chi connectivity index (χ0n) is 15.3. The third-order valence-electron chi connectivity index (χ3n) is 5.24. The largest absolute Gasteiger partial charge is 0.336 e. The number of piperazine rings is 1. The average Bonchev–Trinajstić information content (AvgIpc) is 3.41. The van der Waals surface area contributed by atoms with Crippen LogP contribution in [0.3, 0.4) is 0 Å². The van der Waals surface area contributed by atoms with Crippen LogP contribution in [0.1, 0.15) is 45.4 Å². The molecule has 1 aliphatic carbocycles. The summed E-state index contributed by atoms with van der Waals surface area (Å²) in [5, 5.41) is 14.4. The fourth-order valence-electron chi connectivity index (χ4n) is 3.39. The van der Waals surface area contributed by atoms with E-state index in [9.17, 15) is 14.9 Å². The molecule has 0 bridgehead atoms. The van der Waals surface area contributed by atoms with Gasteiger partial charge >= 0.3 is 0 Å². The number of nitro groups is 1. The Balaban J connectivity index is 1.34. The first kappa shape index (κ1) is 18.1. The number of carbonyl (C=O) groups is 1. The number of benzene rings is 1. The van der Waals surface area contributed by atoms with Gasteiger partial charge in [0, 0.05) is 54.7 Å². The van der Waals surface area contributed by atoms with Gasteiger partial charge < -0.3 is 4.90 Å². The van der Waals surface area contributed by atoms with Crippen LogP contribution in [-0.4, -0.2) is 51.8 Å². The Hall–Kier alpha value is -2.32. The predicted molar refractivity (Wildman–Crippen MR) is 103 cm³/mol. The van der Waals surface area contributed by atoms with E-state index in [-0.39, 0.29) is 11.6 Å². The van der Waals surface area contributed by atoms with E-state index in [0.717, 1.165) is 24.6 Å². The van der Waals surface area contributed by atoms with Crippen molar-refractivity contribution in [1.82, 2.24) is 14.8 Å². The van der Waals surface area contributed by atoms with E-state index in [0.29, 0.717) is 30.1 Å². The van der Waals surface area contributed by atoms with E-state index in [1.54, 1.807) is 35.3 Å². The molecule has 1 aliphatic heterocycles. The maximum absolute atomic E-state index is 12.7. The quantitative estimate of drug-likeness (QED) is 0.582. The Morgan fingerprint density at radius 3 is 2.70 bits per heavy atom. The Labute approximate surface area is 161 Å². The van der Waals surface area contributed by atoms with Gasteiger partial charge in [-0.3, -0.25) is 19.8 Å². The minimum absolute atomic E-state index is 0.00489. The monoisotopic (exact) mass is 386 g/mol. The van der Waals surface area contributed by atoms with E-state index in [1.165, 1.54) is 24.6 Å². The molecule has 7 nitrogen and oxygen atoms in total. The minimum Gasteiger partial charge on any atom is -0.336 e. The van der Waals surface area contributed by atoms with E-state index in [4.69, 9.17) is 4.98 Å². The smallest absolute Gasteiger partial charge is 0.273 e. The number of aryl methyl sites for hydroxylation is 1. The lowest BCUT2D eigenvalue weighted by Gasteiger charge is -2.34. The number of hydrogen-bond donors (Lipinski definition) is 0. The molecule has 1 aromatic heterocycles. The van der Waals surface area contributed by atoms with E-state index < -0.39 is 4.92 Å². The lowest BCUT2D eigenvalue weighted by Crippen LogP contribution is -2.48. The number of carbonyl (C=O) groups excluding carboxylic acids is 1. The Bertz CT molecular complexity index is 870. The van der Waals surface area contributed by atoms with Gasteiger partial charge in [-0.2, -0.15) is 0 Å². The van der Waals surface area contributed by atoms with Crippen molar-refractivity contribution in [3.8, 4) is 0 Å². The van der Waals surface area contributed by atoms with Gasteiger partial charge in [-0.05, 0) is 25.8 Å². The van der Waals surface area contributed by atoms with Gasteiger partial charge in [0.25, 0.3) is 11.6 Å². The highest BCUT2D eigenvalue weighted by Gasteiger charge is 2.27. The summed E-state index contributed by atoms with van der Waals surface area (Å²) in [6.07, 6.45) is 2.53. The first-order valence-electron chi connectivity index (χ1n) is 9.22. The van der Waals surface area contributed by atoms with Crippen molar-refractivity contribution in [2.75, 3.05) is 26.2 Å². The van der Waals surface area contributed by atoms with Crippen molar-refractivity contribution < 1.29 is 9.72 Å². The maximum atomic E-state index is 12.7. The lowest BCUT2D eigenvalue weighted by molar-refractivity contribution is -0.385. The van der Waals surface area contributed by atoms with Crippen molar-refractivity contribution >= 4 is 22.9 Å². The number of nitro benzene ring substituents is 1. The van der Waals surface area contributed by atoms with Crippen molar-refractivity contribution in [2.45, 2.75) is 32.2 Å². The minimum atomic E-state index is -0.437. The Morgan fingerprint density at radius 2 is 2.04 bits per heavy atom. The summed E-state index contributed by atoms with van der Waals surface area (Å²) < 4.78 is 0. The molecule has 2 aromatic rings. The van der Waals surface area contributed by atoms with Crippen LogP contribution in [0, 0.1) is 17.0 Å². The van der Waals surface area contributed by atoms with Gasteiger partial charge in [-0.1, -0.05) is 6.07 Å². The standard InChI is InChI=1S/C19H22N4O3S/c1-13-2-3-15(10-17(13)23(25)26)19(24)22-8-6-21(7-9-22)11-18-20-16(12-27-18)14-4-5-14/h2-3,10,12,14H,4-9,11H2,1H3. The van der Waals surface area contributed by atoms with Crippen LogP contribution in [0.25, 0.3) is 0 Å². The van der Waals surface area contributed by atoms with Crippen molar-refractivity contribution in [3.05, 3.63) is 55.5 Å². The van der Waals surface area contributed by atoms with Crippen molar-refractivity contribution in [2.24, 2.45) is 0 Å². The molecule has 0 unspecified atom stereocenters. The van der Waals surface area contributed by atoms with Gasteiger partial charge in [-0.15, -0.1) is 11.3 Å². The fraction of sp³-hybridized carbons (Fsp3) is 0.474. The summed E-state index contributed by atoms with van der Waals surface area (Å²) in [7, 11) is 0. The maximum Gasteiger partial charge on any atom is 0.273 e. The predicted octanol–water partition coefficient (Wildman–Crippen LogP) is 3.20. The second kappa shape index (κ2) is 7.36. The molecular formula is C19H22N4O3S. The van der Waals surface area contributed by atoms with Gasteiger partial charge in [-0.25, -0.2) is 4.98 Å². The molecule has 1 saturated carbocycles. The number of rotatable bonds is 5. The molecule has 2 heterocycles. The van der Waals surface area contributed by atoms with E-state index in [2.05, 4.69) is 10.3 Å². The highest BCUT2D eigenvalue weighted by molar-refractivity contribution is 7.09. The number of nitrogens with zero attached hydrogens (tertiary/aromatic N) is 4. The Morgan fingerprint density at radius 1 is 1.30 bits per heavy atom. The van der Waals surface area contributed by atoms with E-state index in [1.807, 2.05) is 0 Å². The molecule has 2 aliphatic rings. The van der Waals surface area contributed by atoms with Gasteiger partial charge in [0.15, 0.2) is 0 Å². The molecule has 142 valence electrons. The molecule has 4 rings (SSSR count). The molecule has 0 spiro atoms. The van der Waals surface area contributed by atoms with Crippen LogP contribution in [-0.2, 0) is 6.54 Å². The molecular weight excluding hydrogens is 364 g/mol. The second-order valence-corrected chi connectivity index (χ2v) is 8.21. The summed E-state index contributed by atoms with van der Waals surface area (Å²) in [6, 6.07) is 4.70. The van der Waals surface area contributed by atoms with Crippen LogP contribution < -0.4 is 0 Å². The molecule has 1 aromatic carbocycles. The van der Waals surface area contributed by atoms with Gasteiger partial charge in [0.2, 0.25) is 0 Å². The average molecular weight is 386 g/mol. The first-order chi connectivity index (χ1) is 13.0. The molecule has 1 saturated heterocycles. The number of thiazole rings is 1. The molecule has 1 amide bonds. The normalized spacial score (nSPS) is 17.9. The molecule has 2 fully saturated rings. The van der Waals surface area contributed by atoms with Crippen LogP contribution >= 0.6 is 11.3 Å². The first-order valence-corrected chi connectivity index (χ1v) is 10.1. The molecule has 8 heteroatoms. The third kappa shape index (κ3) is 4.01. The van der Waals surface area contributed by atoms with Crippen molar-refractivity contribution in [3.63, 3.8) is 0 Å². The Kier molecular flexibility index (Phi) is 4.92. The number of hydrogen-bond acceptors (Lipinski definition) is 6. The molecule has 0 N–H and O–H groups in total. The van der Waals surface area contributed by atoms with Gasteiger partial charge in [0.05, 0.1) is 17.2 Å². The van der Waals surface area contributed by atoms with Gasteiger partial charge in [0.1, 0.15) is 5.01 Å². The summed E-state index contributed by atoms with van der Waals surface area (Å²) in [4.78, 5) is 32.2. The summed E-state index contributed by atoms with van der Waals surface area (Å²) in [5.41, 5.74) is 2.18. The summed E-state index contributed by atoms with van der Waals surface area (Å²) >= 11 is 1.72. The molecule has 0 radical (unpaired) electrons.